The van der Waals surface area contributed by atoms with Gasteiger partial charge in [-0.25, -0.2) is 4.98 Å². The molecule has 4 rings (SSSR count). The number of nitrogens with one attached hydrogen (secondary N) is 2. The lowest BCUT2D eigenvalue weighted by Crippen LogP contribution is -2.10. The van der Waals surface area contributed by atoms with Crippen LogP contribution >= 0.6 is 34.9 Å². The van der Waals surface area contributed by atoms with E-state index in [9.17, 15) is 4.79 Å². The highest BCUT2D eigenvalue weighted by molar-refractivity contribution is 7.71. The van der Waals surface area contributed by atoms with Gasteiger partial charge in [-0.15, -0.1) is 17.9 Å². The number of carbonyl (C=O) groups is 1. The fraction of sp³-hybridized carbons (Fsp3) is 0.368. The molecule has 3 aromatic rings. The van der Waals surface area contributed by atoms with E-state index in [0.717, 1.165) is 28.3 Å². The molecule has 6 nitrogen and oxygen atoms in total. The van der Waals surface area contributed by atoms with Crippen LogP contribution in [0.3, 0.4) is 0 Å². The molecule has 0 spiro atoms. The molecule has 1 amide bonds. The number of rotatable bonds is 5. The third-order valence-electron chi connectivity index (χ3n) is 4.84. The Morgan fingerprint density at radius 2 is 2.36 bits per heavy atom. The summed E-state index contributed by atoms with van der Waals surface area (Å²) in [5.74, 6) is 1.30. The summed E-state index contributed by atoms with van der Waals surface area (Å²) >= 11 is 8.29. The van der Waals surface area contributed by atoms with Crippen molar-refractivity contribution in [1.29, 1.82) is 0 Å². The summed E-state index contributed by atoms with van der Waals surface area (Å²) in [5.41, 5.74) is 2.13. The highest BCUT2D eigenvalue weighted by atomic mass is 32.1. The van der Waals surface area contributed by atoms with Crippen LogP contribution in [-0.4, -0.2) is 25.7 Å². The van der Waals surface area contributed by atoms with Crippen LogP contribution in [-0.2, 0) is 19.4 Å². The van der Waals surface area contributed by atoms with E-state index in [1.54, 1.807) is 17.4 Å². The molecule has 0 radical (unpaired) electrons. The lowest BCUT2D eigenvalue weighted by molar-refractivity contribution is 0.103. The molecular formula is C19H21N5OS3. The maximum absolute atomic E-state index is 12.8. The molecule has 0 saturated carbocycles. The number of anilines is 1. The van der Waals surface area contributed by atoms with Gasteiger partial charge in [0.2, 0.25) is 0 Å². The highest BCUT2D eigenvalue weighted by Gasteiger charge is 2.22. The molecular weight excluding hydrogens is 410 g/mol. The van der Waals surface area contributed by atoms with Gasteiger partial charge >= 0.3 is 0 Å². The quantitative estimate of drug-likeness (QED) is 0.440. The third-order valence-corrected chi connectivity index (χ3v) is 7.46. The van der Waals surface area contributed by atoms with Crippen LogP contribution in [0.15, 0.2) is 18.7 Å². The molecule has 1 atom stereocenters. The van der Waals surface area contributed by atoms with Gasteiger partial charge in [-0.2, -0.15) is 5.10 Å². The van der Waals surface area contributed by atoms with Gasteiger partial charge < -0.3 is 0 Å². The topological polar surface area (TPSA) is 75.6 Å². The first-order valence-corrected chi connectivity index (χ1v) is 11.2. The monoisotopic (exact) mass is 431 g/mol. The fourth-order valence-electron chi connectivity index (χ4n) is 3.42. The van der Waals surface area contributed by atoms with E-state index in [4.69, 9.17) is 12.2 Å². The first kappa shape index (κ1) is 19.2. The van der Waals surface area contributed by atoms with Gasteiger partial charge in [0.1, 0.15) is 0 Å². The number of aromatic nitrogens is 4. The van der Waals surface area contributed by atoms with E-state index in [1.807, 2.05) is 17.6 Å². The summed E-state index contributed by atoms with van der Waals surface area (Å²) in [6.07, 6.45) is 5.10. The molecule has 0 aliphatic heterocycles. The molecule has 146 valence electrons. The van der Waals surface area contributed by atoms with E-state index < -0.39 is 0 Å². The average Bonchev–Trinajstić information content (AvgIpc) is 3.33. The third kappa shape index (κ3) is 3.61. The van der Waals surface area contributed by atoms with Gasteiger partial charge in [0, 0.05) is 11.4 Å². The molecule has 3 aromatic heterocycles. The standard InChI is InChI=1S/C19H21N5OS3/c1-4-7-24-16(22-23-19(24)26)15-11(3)20-18(28-15)21-17(25)14-9-12-8-10(2)5-6-13(12)27-14/h4,9-10H,1,5-8H2,2-3H3,(H,23,26)(H,20,21,25). The molecule has 0 aromatic carbocycles. The molecule has 9 heteroatoms. The van der Waals surface area contributed by atoms with Gasteiger partial charge in [0.25, 0.3) is 5.91 Å². The SMILES string of the molecule is C=CCn1c(-c2sc(NC(=O)c3cc4c(s3)CCC(C)C4)nc2C)n[nH]c1=S. The molecule has 0 saturated heterocycles. The number of hydrogen-bond donors (Lipinski definition) is 2. The van der Waals surface area contributed by atoms with Gasteiger partial charge in [0.05, 0.1) is 15.4 Å². The Morgan fingerprint density at radius 1 is 1.54 bits per heavy atom. The Labute approximate surface area is 176 Å². The molecule has 1 aliphatic carbocycles. The second-order valence-electron chi connectivity index (χ2n) is 7.05. The number of fused-ring (bicyclic) bond motifs is 1. The van der Waals surface area contributed by atoms with Crippen molar-refractivity contribution in [3.8, 4) is 10.7 Å². The number of allylic oxidation sites excluding steroid dienone is 1. The summed E-state index contributed by atoms with van der Waals surface area (Å²) in [7, 11) is 0. The van der Waals surface area contributed by atoms with E-state index in [0.29, 0.717) is 28.2 Å². The van der Waals surface area contributed by atoms with Gasteiger partial charge in [-0.1, -0.05) is 24.3 Å². The first-order chi connectivity index (χ1) is 13.5. The molecule has 2 N–H and O–H groups in total. The Balaban J connectivity index is 1.57. The zero-order valence-electron chi connectivity index (χ0n) is 15.7. The minimum atomic E-state index is -0.0997. The predicted molar refractivity (Wildman–Crippen MR) is 117 cm³/mol. The van der Waals surface area contributed by atoms with Gasteiger partial charge in [-0.3, -0.25) is 19.8 Å². The largest absolute Gasteiger partial charge is 0.297 e. The number of thiazole rings is 1. The maximum atomic E-state index is 12.8. The van der Waals surface area contributed by atoms with Crippen LogP contribution in [0.2, 0.25) is 0 Å². The summed E-state index contributed by atoms with van der Waals surface area (Å²) in [4.78, 5) is 20.3. The molecule has 0 bridgehead atoms. The summed E-state index contributed by atoms with van der Waals surface area (Å²) < 4.78 is 2.40. The average molecular weight is 432 g/mol. The van der Waals surface area contributed by atoms with Crippen LogP contribution in [0.1, 0.15) is 39.2 Å². The normalized spacial score (nSPS) is 16.0. The second kappa shape index (κ2) is 7.73. The number of thiophene rings is 1. The van der Waals surface area contributed by atoms with Crippen LogP contribution in [0.5, 0.6) is 0 Å². The highest BCUT2D eigenvalue weighted by Crippen LogP contribution is 2.34. The van der Waals surface area contributed by atoms with Crippen molar-refractivity contribution < 1.29 is 4.79 Å². The number of aromatic amines is 1. The minimum Gasteiger partial charge on any atom is -0.297 e. The molecule has 28 heavy (non-hydrogen) atoms. The maximum Gasteiger partial charge on any atom is 0.267 e. The summed E-state index contributed by atoms with van der Waals surface area (Å²) in [6.45, 7) is 8.50. The van der Waals surface area contributed by atoms with Crippen molar-refractivity contribution in [2.75, 3.05) is 5.32 Å². The van der Waals surface area contributed by atoms with Crippen LogP contribution < -0.4 is 5.32 Å². The Hall–Kier alpha value is -2.10. The Kier molecular flexibility index (Phi) is 5.31. The van der Waals surface area contributed by atoms with E-state index in [2.05, 4.69) is 34.0 Å². The lowest BCUT2D eigenvalue weighted by atomic mass is 9.90. The summed E-state index contributed by atoms with van der Waals surface area (Å²) in [6, 6.07) is 2.04. The molecule has 1 aliphatic rings. The van der Waals surface area contributed by atoms with Crippen LogP contribution in [0, 0.1) is 17.6 Å². The lowest BCUT2D eigenvalue weighted by Gasteiger charge is -2.16. The number of nitrogens with zero attached hydrogens (tertiary/aromatic N) is 3. The number of amides is 1. The summed E-state index contributed by atoms with van der Waals surface area (Å²) in [5, 5.41) is 10.7. The fourth-order valence-corrected chi connectivity index (χ4v) is 5.69. The van der Waals surface area contributed by atoms with Crippen molar-refractivity contribution >= 4 is 45.9 Å². The zero-order chi connectivity index (χ0) is 19.8. The number of H-pyrrole nitrogens is 1. The van der Waals surface area contributed by atoms with E-state index in [-0.39, 0.29) is 5.91 Å². The molecule has 1 unspecified atom stereocenters. The predicted octanol–water partition coefficient (Wildman–Crippen LogP) is 5.00. The second-order valence-corrected chi connectivity index (χ2v) is 9.57. The van der Waals surface area contributed by atoms with Gasteiger partial charge in [0.15, 0.2) is 15.7 Å². The van der Waals surface area contributed by atoms with Crippen molar-refractivity contribution in [1.82, 2.24) is 19.7 Å². The first-order valence-electron chi connectivity index (χ1n) is 9.13. The van der Waals surface area contributed by atoms with Crippen molar-refractivity contribution in [3.05, 3.63) is 44.5 Å². The van der Waals surface area contributed by atoms with E-state index >= 15 is 0 Å². The smallest absolute Gasteiger partial charge is 0.267 e. The van der Waals surface area contributed by atoms with Crippen molar-refractivity contribution in [2.45, 2.75) is 39.7 Å². The number of aryl methyl sites for hydroxylation is 2. The zero-order valence-corrected chi connectivity index (χ0v) is 18.2. The van der Waals surface area contributed by atoms with Gasteiger partial charge in [-0.05, 0) is 56.0 Å². The number of carbonyl (C=O) groups excluding carboxylic acids is 1. The number of hydrogen-bond acceptors (Lipinski definition) is 6. The van der Waals surface area contributed by atoms with Crippen molar-refractivity contribution in [3.63, 3.8) is 0 Å². The minimum absolute atomic E-state index is 0.0997. The Bertz CT molecular complexity index is 1100. The Morgan fingerprint density at radius 3 is 3.14 bits per heavy atom. The van der Waals surface area contributed by atoms with Crippen LogP contribution in [0.4, 0.5) is 5.13 Å². The molecule has 0 fully saturated rings. The van der Waals surface area contributed by atoms with Crippen LogP contribution in [0.25, 0.3) is 10.7 Å². The van der Waals surface area contributed by atoms with Crippen molar-refractivity contribution in [2.24, 2.45) is 5.92 Å². The molecule has 3 heterocycles. The van der Waals surface area contributed by atoms with E-state index in [1.165, 1.54) is 28.2 Å².